The third-order valence-electron chi connectivity index (χ3n) is 4.45. The maximum Gasteiger partial charge on any atom is 0.326 e. The Morgan fingerprint density at radius 3 is 2.58 bits per heavy atom. The van der Waals surface area contributed by atoms with E-state index in [4.69, 9.17) is 0 Å². The van der Waals surface area contributed by atoms with E-state index in [0.717, 1.165) is 18.4 Å². The minimum absolute atomic E-state index is 0.127. The van der Waals surface area contributed by atoms with Gasteiger partial charge in [0.05, 0.1) is 4.88 Å². The number of rotatable bonds is 5. The van der Waals surface area contributed by atoms with Gasteiger partial charge in [-0.25, -0.2) is 4.79 Å². The molecule has 136 valence electrons. The van der Waals surface area contributed by atoms with Crippen molar-refractivity contribution >= 4 is 29.1 Å². The number of likely N-dealkylation sites (tertiary alicyclic amines) is 1. The van der Waals surface area contributed by atoms with E-state index in [0.29, 0.717) is 30.0 Å². The van der Waals surface area contributed by atoms with Crippen molar-refractivity contribution in [2.75, 3.05) is 6.54 Å². The Bertz CT molecular complexity index is 786. The standard InChI is InChI=1S/C19H20N2O4S/c22-17(16-5-3-11-26-16)20-12-13-6-8-14(9-7-13)18(23)21-10-2-1-4-15(21)19(24)25/h3,5-9,11,15H,1-2,4,10,12H2,(H,20,22)(H,24,25). The summed E-state index contributed by atoms with van der Waals surface area (Å²) in [5.41, 5.74) is 1.34. The van der Waals surface area contributed by atoms with Gasteiger partial charge in [-0.05, 0) is 48.4 Å². The van der Waals surface area contributed by atoms with Crippen molar-refractivity contribution in [2.45, 2.75) is 31.8 Å². The van der Waals surface area contributed by atoms with Gasteiger partial charge in [0.25, 0.3) is 11.8 Å². The first-order valence-corrected chi connectivity index (χ1v) is 9.38. The molecule has 1 atom stereocenters. The Labute approximate surface area is 155 Å². The molecule has 1 fully saturated rings. The molecule has 0 saturated carbocycles. The fourth-order valence-corrected chi connectivity index (χ4v) is 3.68. The summed E-state index contributed by atoms with van der Waals surface area (Å²) in [5.74, 6) is -1.34. The molecular formula is C19H20N2O4S. The fourth-order valence-electron chi connectivity index (χ4n) is 3.04. The van der Waals surface area contributed by atoms with E-state index in [9.17, 15) is 19.5 Å². The first-order valence-electron chi connectivity index (χ1n) is 8.50. The van der Waals surface area contributed by atoms with Gasteiger partial charge in [0.1, 0.15) is 6.04 Å². The molecule has 1 aliphatic heterocycles. The van der Waals surface area contributed by atoms with Gasteiger partial charge in [-0.3, -0.25) is 9.59 Å². The molecule has 0 spiro atoms. The van der Waals surface area contributed by atoms with E-state index < -0.39 is 12.0 Å². The quantitative estimate of drug-likeness (QED) is 0.845. The van der Waals surface area contributed by atoms with E-state index in [1.165, 1.54) is 16.2 Å². The predicted octanol–water partition coefficient (Wildman–Crippen LogP) is 2.76. The summed E-state index contributed by atoms with van der Waals surface area (Å²) >= 11 is 1.38. The van der Waals surface area contributed by atoms with Gasteiger partial charge in [-0.1, -0.05) is 18.2 Å². The number of hydrogen-bond donors (Lipinski definition) is 2. The molecule has 0 bridgehead atoms. The Morgan fingerprint density at radius 1 is 1.15 bits per heavy atom. The normalized spacial score (nSPS) is 16.9. The zero-order valence-electron chi connectivity index (χ0n) is 14.2. The lowest BCUT2D eigenvalue weighted by molar-refractivity contribution is -0.143. The molecule has 0 aliphatic carbocycles. The van der Waals surface area contributed by atoms with Gasteiger partial charge in [-0.15, -0.1) is 11.3 Å². The average molecular weight is 372 g/mol. The number of carbonyl (C=O) groups is 3. The van der Waals surface area contributed by atoms with Gasteiger partial charge in [-0.2, -0.15) is 0 Å². The highest BCUT2D eigenvalue weighted by Crippen LogP contribution is 2.20. The van der Waals surface area contributed by atoms with Crippen LogP contribution in [0.25, 0.3) is 0 Å². The van der Waals surface area contributed by atoms with Crippen LogP contribution in [-0.4, -0.2) is 40.4 Å². The van der Waals surface area contributed by atoms with Crippen LogP contribution in [0.15, 0.2) is 41.8 Å². The zero-order chi connectivity index (χ0) is 18.5. The SMILES string of the molecule is O=C(NCc1ccc(C(=O)N2CCCCC2C(=O)O)cc1)c1cccs1. The molecule has 2 N–H and O–H groups in total. The highest BCUT2D eigenvalue weighted by Gasteiger charge is 2.32. The summed E-state index contributed by atoms with van der Waals surface area (Å²) < 4.78 is 0. The Hall–Kier alpha value is -2.67. The fraction of sp³-hybridized carbons (Fsp3) is 0.316. The van der Waals surface area contributed by atoms with Gasteiger partial charge in [0, 0.05) is 18.7 Å². The van der Waals surface area contributed by atoms with Crippen LogP contribution >= 0.6 is 11.3 Å². The monoisotopic (exact) mass is 372 g/mol. The molecule has 7 heteroatoms. The van der Waals surface area contributed by atoms with E-state index in [1.807, 2.05) is 11.4 Å². The predicted molar refractivity (Wildman–Crippen MR) is 98.2 cm³/mol. The summed E-state index contributed by atoms with van der Waals surface area (Å²) in [7, 11) is 0. The molecule has 2 amide bonds. The van der Waals surface area contributed by atoms with Crippen LogP contribution in [0.5, 0.6) is 0 Å². The van der Waals surface area contributed by atoms with E-state index in [1.54, 1.807) is 30.3 Å². The molecule has 1 aromatic carbocycles. The van der Waals surface area contributed by atoms with Crippen molar-refractivity contribution in [3.8, 4) is 0 Å². The zero-order valence-corrected chi connectivity index (χ0v) is 15.0. The van der Waals surface area contributed by atoms with E-state index >= 15 is 0 Å². The second-order valence-corrected chi connectivity index (χ2v) is 7.15. The number of benzene rings is 1. The van der Waals surface area contributed by atoms with Crippen molar-refractivity contribution < 1.29 is 19.5 Å². The molecular weight excluding hydrogens is 352 g/mol. The average Bonchev–Trinajstić information content (AvgIpc) is 3.21. The van der Waals surface area contributed by atoms with Crippen molar-refractivity contribution in [3.05, 3.63) is 57.8 Å². The first-order chi connectivity index (χ1) is 12.6. The number of hydrogen-bond acceptors (Lipinski definition) is 4. The highest BCUT2D eigenvalue weighted by atomic mass is 32.1. The number of aliphatic carboxylic acids is 1. The Kier molecular flexibility index (Phi) is 5.68. The number of carbonyl (C=O) groups excluding carboxylic acids is 2. The molecule has 6 nitrogen and oxygen atoms in total. The molecule has 0 radical (unpaired) electrons. The smallest absolute Gasteiger partial charge is 0.326 e. The Balaban J connectivity index is 1.62. The number of thiophene rings is 1. The summed E-state index contributed by atoms with van der Waals surface area (Å²) in [4.78, 5) is 38.1. The van der Waals surface area contributed by atoms with Gasteiger partial charge in [0.15, 0.2) is 0 Å². The molecule has 1 aliphatic rings. The number of carboxylic acids is 1. The maximum absolute atomic E-state index is 12.6. The molecule has 26 heavy (non-hydrogen) atoms. The largest absolute Gasteiger partial charge is 0.480 e. The van der Waals surface area contributed by atoms with Crippen LogP contribution in [-0.2, 0) is 11.3 Å². The number of nitrogens with zero attached hydrogens (tertiary/aromatic N) is 1. The summed E-state index contributed by atoms with van der Waals surface area (Å²) in [6, 6.07) is 9.76. The summed E-state index contributed by atoms with van der Waals surface area (Å²) in [5, 5.41) is 14.0. The third-order valence-corrected chi connectivity index (χ3v) is 5.32. The molecule has 1 saturated heterocycles. The van der Waals surface area contributed by atoms with E-state index in [-0.39, 0.29) is 11.8 Å². The number of piperidine rings is 1. The minimum Gasteiger partial charge on any atom is -0.480 e. The van der Waals surface area contributed by atoms with Crippen LogP contribution in [0, 0.1) is 0 Å². The van der Waals surface area contributed by atoms with Gasteiger partial charge in [0.2, 0.25) is 0 Å². The summed E-state index contributed by atoms with van der Waals surface area (Å²) in [6.07, 6.45) is 2.14. The number of amides is 2. The third kappa shape index (κ3) is 4.11. The second-order valence-electron chi connectivity index (χ2n) is 6.21. The lowest BCUT2D eigenvalue weighted by Gasteiger charge is -2.33. The number of nitrogens with one attached hydrogen (secondary N) is 1. The topological polar surface area (TPSA) is 86.7 Å². The van der Waals surface area contributed by atoms with E-state index in [2.05, 4.69) is 5.32 Å². The molecule has 2 aromatic rings. The minimum atomic E-state index is -0.953. The molecule has 1 aromatic heterocycles. The van der Waals surface area contributed by atoms with Gasteiger partial charge < -0.3 is 15.3 Å². The molecule has 1 unspecified atom stereocenters. The lowest BCUT2D eigenvalue weighted by atomic mass is 10.0. The number of carboxylic acid groups (broad SMARTS) is 1. The second kappa shape index (κ2) is 8.14. The van der Waals surface area contributed by atoms with Crippen molar-refractivity contribution in [1.82, 2.24) is 10.2 Å². The van der Waals surface area contributed by atoms with Crippen LogP contribution in [0.3, 0.4) is 0 Å². The van der Waals surface area contributed by atoms with Gasteiger partial charge >= 0.3 is 5.97 Å². The van der Waals surface area contributed by atoms with Crippen molar-refractivity contribution in [2.24, 2.45) is 0 Å². The molecule has 2 heterocycles. The van der Waals surface area contributed by atoms with Crippen molar-refractivity contribution in [1.29, 1.82) is 0 Å². The van der Waals surface area contributed by atoms with Crippen LogP contribution in [0.4, 0.5) is 0 Å². The molecule has 3 rings (SSSR count). The maximum atomic E-state index is 12.6. The van der Waals surface area contributed by atoms with Crippen molar-refractivity contribution in [3.63, 3.8) is 0 Å². The van der Waals surface area contributed by atoms with Crippen LogP contribution < -0.4 is 5.32 Å². The van der Waals surface area contributed by atoms with Crippen LogP contribution in [0.1, 0.15) is 44.9 Å². The lowest BCUT2D eigenvalue weighted by Crippen LogP contribution is -2.47. The highest BCUT2D eigenvalue weighted by molar-refractivity contribution is 7.12. The van der Waals surface area contributed by atoms with Crippen LogP contribution in [0.2, 0.25) is 0 Å². The Morgan fingerprint density at radius 2 is 1.92 bits per heavy atom. The summed E-state index contributed by atoms with van der Waals surface area (Å²) in [6.45, 7) is 0.834. The first kappa shape index (κ1) is 18.1.